The van der Waals surface area contributed by atoms with Crippen LogP contribution in [0.3, 0.4) is 0 Å². The van der Waals surface area contributed by atoms with Crippen molar-refractivity contribution in [2.75, 3.05) is 17.3 Å². The Morgan fingerprint density at radius 2 is 2.25 bits per heavy atom. The van der Waals surface area contributed by atoms with Crippen LogP contribution in [-0.4, -0.2) is 18.3 Å². The number of hydrogen-bond acceptors (Lipinski definition) is 1. The Bertz CT molecular complexity index is 419. The van der Waals surface area contributed by atoms with Crippen LogP contribution in [0.5, 0.6) is 0 Å². The summed E-state index contributed by atoms with van der Waals surface area (Å²) in [5.74, 6) is 0.870. The molecule has 0 aromatic heterocycles. The number of nitrogens with zero attached hydrogens (tertiary/aromatic N) is 1. The van der Waals surface area contributed by atoms with Crippen LogP contribution >= 0.6 is 23.2 Å². The second-order valence-corrected chi connectivity index (χ2v) is 4.90. The van der Waals surface area contributed by atoms with Crippen LogP contribution in [0, 0.1) is 12.8 Å². The lowest BCUT2D eigenvalue weighted by molar-refractivity contribution is -0.117. The quantitative estimate of drug-likeness (QED) is 0.746. The van der Waals surface area contributed by atoms with Gasteiger partial charge in [-0.05, 0) is 30.5 Å². The van der Waals surface area contributed by atoms with E-state index in [-0.39, 0.29) is 11.8 Å². The Labute approximate surface area is 105 Å². The Kier molecular flexibility index (Phi) is 3.41. The van der Waals surface area contributed by atoms with E-state index in [1.807, 2.05) is 25.1 Å². The van der Waals surface area contributed by atoms with Gasteiger partial charge in [0, 0.05) is 18.8 Å². The van der Waals surface area contributed by atoms with Crippen molar-refractivity contribution >= 4 is 34.8 Å². The lowest BCUT2D eigenvalue weighted by Gasteiger charge is -2.18. The monoisotopic (exact) mass is 257 g/mol. The molecule has 1 fully saturated rings. The molecule has 0 N–H and O–H groups in total. The third kappa shape index (κ3) is 2.18. The van der Waals surface area contributed by atoms with Gasteiger partial charge in [-0.3, -0.25) is 4.79 Å². The summed E-state index contributed by atoms with van der Waals surface area (Å²) in [5.41, 5.74) is 1.89. The topological polar surface area (TPSA) is 20.3 Å². The number of anilines is 1. The predicted molar refractivity (Wildman–Crippen MR) is 67.4 cm³/mol. The smallest absolute Gasteiger partial charge is 0.227 e. The molecule has 2 rings (SSSR count). The molecular formula is C12H13Cl2NO. The first-order chi connectivity index (χ1) is 7.61. The SMILES string of the molecule is Cc1ccc(N2CC(CCl)CC2=O)c(Cl)c1. The molecule has 1 aliphatic heterocycles. The molecular weight excluding hydrogens is 245 g/mol. The van der Waals surface area contributed by atoms with E-state index in [1.165, 1.54) is 0 Å². The van der Waals surface area contributed by atoms with Gasteiger partial charge >= 0.3 is 0 Å². The maximum atomic E-state index is 11.8. The Balaban J connectivity index is 2.28. The number of aryl methyl sites for hydroxylation is 1. The van der Waals surface area contributed by atoms with Crippen molar-refractivity contribution in [3.05, 3.63) is 28.8 Å². The summed E-state index contributed by atoms with van der Waals surface area (Å²) < 4.78 is 0. The van der Waals surface area contributed by atoms with Gasteiger partial charge in [0.15, 0.2) is 0 Å². The van der Waals surface area contributed by atoms with Gasteiger partial charge in [0.05, 0.1) is 10.7 Å². The summed E-state index contributed by atoms with van der Waals surface area (Å²) in [6.45, 7) is 2.65. The molecule has 1 aliphatic rings. The van der Waals surface area contributed by atoms with Crippen molar-refractivity contribution in [1.29, 1.82) is 0 Å². The fourth-order valence-electron chi connectivity index (χ4n) is 1.95. The van der Waals surface area contributed by atoms with Crippen molar-refractivity contribution in [2.24, 2.45) is 5.92 Å². The summed E-state index contributed by atoms with van der Waals surface area (Å²) in [5, 5.41) is 0.628. The van der Waals surface area contributed by atoms with Crippen LogP contribution in [0.15, 0.2) is 18.2 Å². The Hall–Kier alpha value is -0.730. The fraction of sp³-hybridized carbons (Fsp3) is 0.417. The maximum absolute atomic E-state index is 11.8. The van der Waals surface area contributed by atoms with Crippen molar-refractivity contribution < 1.29 is 4.79 Å². The van der Waals surface area contributed by atoms with Gasteiger partial charge in [0.25, 0.3) is 0 Å². The highest BCUT2D eigenvalue weighted by atomic mass is 35.5. The molecule has 1 unspecified atom stereocenters. The molecule has 0 spiro atoms. The molecule has 1 saturated heterocycles. The summed E-state index contributed by atoms with van der Waals surface area (Å²) in [4.78, 5) is 13.5. The van der Waals surface area contributed by atoms with E-state index in [2.05, 4.69) is 0 Å². The molecule has 0 saturated carbocycles. The molecule has 16 heavy (non-hydrogen) atoms. The predicted octanol–water partition coefficient (Wildman–Crippen LogP) is 3.24. The van der Waals surface area contributed by atoms with E-state index < -0.39 is 0 Å². The second kappa shape index (κ2) is 4.64. The molecule has 1 heterocycles. The maximum Gasteiger partial charge on any atom is 0.227 e. The van der Waals surface area contributed by atoms with Gasteiger partial charge in [0.1, 0.15) is 0 Å². The van der Waals surface area contributed by atoms with Crippen LogP contribution in [-0.2, 0) is 4.79 Å². The highest BCUT2D eigenvalue weighted by Crippen LogP contribution is 2.32. The Morgan fingerprint density at radius 1 is 1.50 bits per heavy atom. The van der Waals surface area contributed by atoms with E-state index >= 15 is 0 Å². The molecule has 0 radical (unpaired) electrons. The van der Waals surface area contributed by atoms with Crippen LogP contribution in [0.2, 0.25) is 5.02 Å². The normalized spacial score (nSPS) is 20.6. The Morgan fingerprint density at radius 3 is 2.81 bits per heavy atom. The molecule has 1 atom stereocenters. The number of carbonyl (C=O) groups is 1. The zero-order valence-electron chi connectivity index (χ0n) is 9.04. The molecule has 1 aromatic rings. The molecule has 1 aromatic carbocycles. The fourth-order valence-corrected chi connectivity index (χ4v) is 2.49. The molecule has 1 amide bonds. The molecule has 2 nitrogen and oxygen atoms in total. The van der Waals surface area contributed by atoms with Gasteiger partial charge < -0.3 is 4.90 Å². The average Bonchev–Trinajstić information content (AvgIpc) is 2.60. The van der Waals surface area contributed by atoms with Crippen LogP contribution < -0.4 is 4.90 Å². The van der Waals surface area contributed by atoms with E-state index in [0.29, 0.717) is 23.9 Å². The molecule has 0 aliphatic carbocycles. The molecule has 86 valence electrons. The van der Waals surface area contributed by atoms with Gasteiger partial charge in [-0.25, -0.2) is 0 Å². The number of carbonyl (C=O) groups excluding carboxylic acids is 1. The lowest BCUT2D eigenvalue weighted by atomic mass is 10.1. The van der Waals surface area contributed by atoms with Crippen LogP contribution in [0.4, 0.5) is 5.69 Å². The molecule has 4 heteroatoms. The minimum absolute atomic E-state index is 0.108. The summed E-state index contributed by atoms with van der Waals surface area (Å²) in [6, 6.07) is 5.73. The minimum Gasteiger partial charge on any atom is -0.311 e. The van der Waals surface area contributed by atoms with E-state index in [1.54, 1.807) is 4.90 Å². The van der Waals surface area contributed by atoms with Gasteiger partial charge in [-0.15, -0.1) is 11.6 Å². The first-order valence-electron chi connectivity index (χ1n) is 5.24. The number of halogens is 2. The van der Waals surface area contributed by atoms with Crippen molar-refractivity contribution in [2.45, 2.75) is 13.3 Å². The van der Waals surface area contributed by atoms with Crippen molar-refractivity contribution in [3.8, 4) is 0 Å². The first kappa shape index (κ1) is 11.7. The summed E-state index contributed by atoms with van der Waals surface area (Å²) in [6.07, 6.45) is 0.522. The highest BCUT2D eigenvalue weighted by molar-refractivity contribution is 6.34. The van der Waals surface area contributed by atoms with Crippen LogP contribution in [0.1, 0.15) is 12.0 Å². The number of benzene rings is 1. The second-order valence-electron chi connectivity index (χ2n) is 4.18. The molecule has 0 bridgehead atoms. The van der Waals surface area contributed by atoms with Crippen molar-refractivity contribution in [1.82, 2.24) is 0 Å². The third-order valence-electron chi connectivity index (χ3n) is 2.82. The standard InChI is InChI=1S/C12H13Cl2NO/c1-8-2-3-11(10(14)4-8)15-7-9(6-13)5-12(15)16/h2-4,9H,5-7H2,1H3. The largest absolute Gasteiger partial charge is 0.311 e. The van der Waals surface area contributed by atoms with Gasteiger partial charge in [0.2, 0.25) is 5.91 Å². The van der Waals surface area contributed by atoms with E-state index in [0.717, 1.165) is 11.3 Å². The third-order valence-corrected chi connectivity index (χ3v) is 3.56. The summed E-state index contributed by atoms with van der Waals surface area (Å²) in [7, 11) is 0. The number of amides is 1. The number of rotatable bonds is 2. The van der Waals surface area contributed by atoms with E-state index in [9.17, 15) is 4.79 Å². The first-order valence-corrected chi connectivity index (χ1v) is 6.15. The zero-order valence-corrected chi connectivity index (χ0v) is 10.6. The van der Waals surface area contributed by atoms with Gasteiger partial charge in [-0.2, -0.15) is 0 Å². The number of alkyl halides is 1. The van der Waals surface area contributed by atoms with Crippen LogP contribution in [0.25, 0.3) is 0 Å². The number of hydrogen-bond donors (Lipinski definition) is 0. The highest BCUT2D eigenvalue weighted by Gasteiger charge is 2.30. The van der Waals surface area contributed by atoms with E-state index in [4.69, 9.17) is 23.2 Å². The van der Waals surface area contributed by atoms with Crippen molar-refractivity contribution in [3.63, 3.8) is 0 Å². The minimum atomic E-state index is 0.108. The zero-order chi connectivity index (χ0) is 11.7. The lowest BCUT2D eigenvalue weighted by Crippen LogP contribution is -2.24. The average molecular weight is 258 g/mol. The summed E-state index contributed by atoms with van der Waals surface area (Å²) >= 11 is 11.9. The van der Waals surface area contributed by atoms with Gasteiger partial charge in [-0.1, -0.05) is 17.7 Å².